The van der Waals surface area contributed by atoms with Gasteiger partial charge in [-0.25, -0.2) is 0 Å². The molecule has 156 valence electrons. The summed E-state index contributed by atoms with van der Waals surface area (Å²) in [5.41, 5.74) is 5.38. The molecule has 0 fully saturated rings. The van der Waals surface area contributed by atoms with E-state index in [0.29, 0.717) is 12.0 Å². The molecule has 0 unspecified atom stereocenters. The van der Waals surface area contributed by atoms with Crippen LogP contribution in [0.15, 0.2) is 119 Å². The lowest BCUT2D eigenvalue weighted by Crippen LogP contribution is -2.35. The summed E-state index contributed by atoms with van der Waals surface area (Å²) in [6.45, 7) is 0. The Morgan fingerprint density at radius 3 is 2.12 bits per heavy atom. The normalized spacial score (nSPS) is 15.5. The molecule has 0 aliphatic carbocycles. The van der Waals surface area contributed by atoms with Gasteiger partial charge in [-0.3, -0.25) is 14.7 Å². The first-order valence-electron chi connectivity index (χ1n) is 10.6. The number of hydrogen-bond donors (Lipinski definition) is 0. The highest BCUT2D eigenvalue weighted by Crippen LogP contribution is 2.41. The Morgan fingerprint density at radius 1 is 0.781 bits per heavy atom. The first kappa shape index (κ1) is 20.4. The Balaban J connectivity index is 1.69. The number of carbonyl (C=O) groups is 1. The van der Waals surface area contributed by atoms with Gasteiger partial charge in [0.25, 0.3) is 5.91 Å². The zero-order chi connectivity index (χ0) is 21.9. The van der Waals surface area contributed by atoms with Crippen molar-refractivity contribution < 1.29 is 4.79 Å². The van der Waals surface area contributed by atoms with Crippen LogP contribution in [-0.2, 0) is 0 Å². The van der Waals surface area contributed by atoms with Crippen molar-refractivity contribution in [2.75, 3.05) is 4.90 Å². The second kappa shape index (κ2) is 8.93. The van der Waals surface area contributed by atoms with Gasteiger partial charge in [0.15, 0.2) is 0 Å². The van der Waals surface area contributed by atoms with Crippen molar-refractivity contribution in [2.45, 2.75) is 12.5 Å². The predicted octanol–water partition coefficient (Wildman–Crippen LogP) is 7.36. The van der Waals surface area contributed by atoms with Gasteiger partial charge in [-0.2, -0.15) is 0 Å². The molecule has 1 amide bonds. The summed E-state index contributed by atoms with van der Waals surface area (Å²) < 4.78 is 1.02. The topological polar surface area (TPSA) is 32.7 Å². The minimum absolute atomic E-state index is 0.0286. The molecule has 1 heterocycles. The van der Waals surface area contributed by atoms with Crippen molar-refractivity contribution in [2.24, 2.45) is 4.99 Å². The van der Waals surface area contributed by atoms with Crippen molar-refractivity contribution in [1.82, 2.24) is 0 Å². The highest BCUT2D eigenvalue weighted by molar-refractivity contribution is 9.10. The number of aliphatic imine (C=N–C) groups is 1. The molecule has 0 bridgehead atoms. The molecule has 4 heteroatoms. The summed E-state index contributed by atoms with van der Waals surface area (Å²) in [4.78, 5) is 20.8. The maximum absolute atomic E-state index is 13.9. The standard InChI is InChI=1S/C28H21BrN2O/c29-23-17-15-20(16-18-23)25-19-27(21-9-3-1-4-10-21)31(26-14-8-7-13-24(26)30-25)28(32)22-11-5-2-6-12-22/h1-18,27H,19H2/t27-/m0/s1. The van der Waals surface area contributed by atoms with Crippen LogP contribution < -0.4 is 4.90 Å². The third-order valence-electron chi connectivity index (χ3n) is 5.70. The largest absolute Gasteiger partial charge is 0.298 e. The maximum atomic E-state index is 13.9. The number of amides is 1. The van der Waals surface area contributed by atoms with Crippen molar-refractivity contribution in [3.05, 3.63) is 130 Å². The van der Waals surface area contributed by atoms with E-state index >= 15 is 0 Å². The monoisotopic (exact) mass is 480 g/mol. The van der Waals surface area contributed by atoms with Crippen LogP contribution in [0.3, 0.4) is 0 Å². The lowest BCUT2D eigenvalue weighted by Gasteiger charge is -2.32. The van der Waals surface area contributed by atoms with Crippen LogP contribution in [0.2, 0.25) is 0 Å². The molecular weight excluding hydrogens is 460 g/mol. The van der Waals surface area contributed by atoms with E-state index in [9.17, 15) is 4.79 Å². The Kier molecular flexibility index (Phi) is 5.70. The van der Waals surface area contributed by atoms with Gasteiger partial charge in [0.1, 0.15) is 0 Å². The van der Waals surface area contributed by atoms with Gasteiger partial charge in [0, 0.05) is 16.5 Å². The van der Waals surface area contributed by atoms with Crippen LogP contribution in [-0.4, -0.2) is 11.6 Å². The van der Waals surface area contributed by atoms with E-state index < -0.39 is 0 Å². The number of halogens is 1. The van der Waals surface area contributed by atoms with E-state index in [4.69, 9.17) is 4.99 Å². The minimum atomic E-state index is -0.185. The smallest absolute Gasteiger partial charge is 0.258 e. The summed E-state index contributed by atoms with van der Waals surface area (Å²) in [7, 11) is 0. The van der Waals surface area contributed by atoms with Gasteiger partial charge in [-0.15, -0.1) is 0 Å². The third-order valence-corrected chi connectivity index (χ3v) is 6.23. The second-order valence-electron chi connectivity index (χ2n) is 7.73. The van der Waals surface area contributed by atoms with E-state index in [-0.39, 0.29) is 11.9 Å². The van der Waals surface area contributed by atoms with Crippen LogP contribution in [0.5, 0.6) is 0 Å². The molecule has 1 aliphatic heterocycles. The molecule has 0 radical (unpaired) electrons. The average molecular weight is 481 g/mol. The summed E-state index contributed by atoms with van der Waals surface area (Å²) in [6, 6.07) is 35.6. The van der Waals surface area contributed by atoms with Crippen LogP contribution in [0, 0.1) is 0 Å². The summed E-state index contributed by atoms with van der Waals surface area (Å²) in [5, 5.41) is 0. The van der Waals surface area contributed by atoms with E-state index in [2.05, 4.69) is 40.2 Å². The third kappa shape index (κ3) is 4.02. The number of carbonyl (C=O) groups excluding carboxylic acids is 1. The molecule has 32 heavy (non-hydrogen) atoms. The first-order chi connectivity index (χ1) is 15.7. The fourth-order valence-corrected chi connectivity index (χ4v) is 4.40. The fraction of sp³-hybridized carbons (Fsp3) is 0.0714. The van der Waals surface area contributed by atoms with Crippen molar-refractivity contribution in [1.29, 1.82) is 0 Å². The number of benzene rings is 4. The van der Waals surface area contributed by atoms with Crippen LogP contribution in [0.4, 0.5) is 11.4 Å². The van der Waals surface area contributed by atoms with Gasteiger partial charge in [0.2, 0.25) is 0 Å². The van der Waals surface area contributed by atoms with Crippen LogP contribution >= 0.6 is 15.9 Å². The number of fused-ring (bicyclic) bond motifs is 1. The molecule has 3 nitrogen and oxygen atoms in total. The quantitative estimate of drug-likeness (QED) is 0.301. The molecule has 0 N–H and O–H groups in total. The second-order valence-corrected chi connectivity index (χ2v) is 8.64. The molecule has 1 aliphatic rings. The molecule has 0 saturated carbocycles. The molecule has 0 spiro atoms. The zero-order valence-electron chi connectivity index (χ0n) is 17.4. The SMILES string of the molecule is O=C(c1ccccc1)N1c2ccccc2N=C(c2ccc(Br)cc2)C[C@H]1c1ccccc1. The molecular formula is C28H21BrN2O. The molecule has 1 atom stereocenters. The maximum Gasteiger partial charge on any atom is 0.258 e. The van der Waals surface area contributed by atoms with E-state index in [1.165, 1.54) is 0 Å². The van der Waals surface area contributed by atoms with E-state index in [1.54, 1.807) is 0 Å². The van der Waals surface area contributed by atoms with E-state index in [1.807, 2.05) is 89.8 Å². The molecule has 5 rings (SSSR count). The Morgan fingerprint density at radius 2 is 1.41 bits per heavy atom. The van der Waals surface area contributed by atoms with Gasteiger partial charge < -0.3 is 0 Å². The van der Waals surface area contributed by atoms with Gasteiger partial charge >= 0.3 is 0 Å². The number of nitrogens with zero attached hydrogens (tertiary/aromatic N) is 2. The Bertz CT molecular complexity index is 1270. The lowest BCUT2D eigenvalue weighted by molar-refractivity contribution is 0.0977. The van der Waals surface area contributed by atoms with Gasteiger partial charge in [0.05, 0.1) is 23.1 Å². The van der Waals surface area contributed by atoms with Gasteiger partial charge in [-0.1, -0.05) is 88.7 Å². The lowest BCUT2D eigenvalue weighted by atomic mass is 9.95. The predicted molar refractivity (Wildman–Crippen MR) is 134 cm³/mol. The summed E-state index contributed by atoms with van der Waals surface area (Å²) in [6.07, 6.45) is 0.610. The minimum Gasteiger partial charge on any atom is -0.298 e. The molecule has 4 aromatic rings. The highest BCUT2D eigenvalue weighted by Gasteiger charge is 2.32. The summed E-state index contributed by atoms with van der Waals surface area (Å²) >= 11 is 3.52. The molecule has 0 saturated heterocycles. The van der Waals surface area contributed by atoms with Crippen LogP contribution in [0.25, 0.3) is 0 Å². The fourth-order valence-electron chi connectivity index (χ4n) is 4.13. The number of hydrogen-bond acceptors (Lipinski definition) is 2. The molecule has 4 aromatic carbocycles. The highest BCUT2D eigenvalue weighted by atomic mass is 79.9. The molecule has 0 aromatic heterocycles. The Hall–Kier alpha value is -3.50. The zero-order valence-corrected chi connectivity index (χ0v) is 18.9. The van der Waals surface area contributed by atoms with Crippen LogP contribution in [0.1, 0.15) is 33.9 Å². The average Bonchev–Trinajstić information content (AvgIpc) is 3.02. The number of rotatable bonds is 3. The number of anilines is 1. The summed E-state index contributed by atoms with van der Waals surface area (Å²) in [5.74, 6) is -0.0286. The van der Waals surface area contributed by atoms with Crippen molar-refractivity contribution in [3.8, 4) is 0 Å². The van der Waals surface area contributed by atoms with Crippen molar-refractivity contribution >= 4 is 38.9 Å². The van der Waals surface area contributed by atoms with Gasteiger partial charge in [-0.05, 0) is 47.5 Å². The van der Waals surface area contributed by atoms with E-state index in [0.717, 1.165) is 32.7 Å². The number of para-hydroxylation sites is 2. The first-order valence-corrected chi connectivity index (χ1v) is 11.4. The van der Waals surface area contributed by atoms with Crippen molar-refractivity contribution in [3.63, 3.8) is 0 Å². The Labute approximate surface area is 196 Å².